The number of alkyl halides is 1. The van der Waals surface area contributed by atoms with Crippen LogP contribution in [-0.2, 0) is 9.63 Å². The molecule has 2 rings (SSSR count). The molecule has 1 heterocycles. The molecule has 14 heavy (non-hydrogen) atoms. The van der Waals surface area contributed by atoms with Gasteiger partial charge in [0.05, 0.1) is 5.71 Å². The Hall–Kier alpha value is -0.680. The lowest BCUT2D eigenvalue weighted by Gasteiger charge is -2.33. The van der Waals surface area contributed by atoms with E-state index < -0.39 is 16.5 Å². The van der Waals surface area contributed by atoms with Gasteiger partial charge in [-0.05, 0) is 19.1 Å². The van der Waals surface area contributed by atoms with Crippen LogP contribution in [0.2, 0.25) is 0 Å². The summed E-state index contributed by atoms with van der Waals surface area (Å²) in [6.07, 6.45) is 2.67. The Kier molecular flexibility index (Phi) is 2.23. The van der Waals surface area contributed by atoms with Crippen LogP contribution in [0, 0.1) is 0 Å². The number of carbonyl (C=O) groups excluding carboxylic acids is 1. The molecule has 1 N–H and O–H groups in total. The summed E-state index contributed by atoms with van der Waals surface area (Å²) in [7, 11) is 0. The normalized spacial score (nSPS) is 41.4. The highest BCUT2D eigenvalue weighted by molar-refractivity contribution is 9.10. The molecule has 1 spiro atoms. The molecule has 1 aliphatic heterocycles. The van der Waals surface area contributed by atoms with Crippen LogP contribution < -0.4 is 0 Å². The van der Waals surface area contributed by atoms with Gasteiger partial charge in [0, 0.05) is 6.42 Å². The van der Waals surface area contributed by atoms with E-state index in [9.17, 15) is 9.90 Å². The highest BCUT2D eigenvalue weighted by atomic mass is 79.9. The topological polar surface area (TPSA) is 58.9 Å². The highest BCUT2D eigenvalue weighted by Gasteiger charge is 2.49. The maximum Gasteiger partial charge on any atom is 0.188 e. The minimum atomic E-state index is -0.888. The summed E-state index contributed by atoms with van der Waals surface area (Å²) in [5, 5.41) is 13.7. The quantitative estimate of drug-likeness (QED) is 0.655. The summed E-state index contributed by atoms with van der Waals surface area (Å²) in [6, 6.07) is 0. The van der Waals surface area contributed by atoms with Crippen LogP contribution in [-0.4, -0.2) is 33.1 Å². The fourth-order valence-corrected chi connectivity index (χ4v) is 2.29. The zero-order valence-corrected chi connectivity index (χ0v) is 9.19. The predicted octanol–water partition coefficient (Wildman–Crippen LogP) is 0.785. The number of aliphatic hydroxyl groups is 1. The molecule has 0 radical (unpaired) electrons. The molecule has 0 amide bonds. The van der Waals surface area contributed by atoms with Crippen LogP contribution in [0.15, 0.2) is 17.3 Å². The van der Waals surface area contributed by atoms with Crippen molar-refractivity contribution >= 4 is 27.4 Å². The lowest BCUT2D eigenvalue weighted by molar-refractivity contribution is -0.124. The van der Waals surface area contributed by atoms with E-state index in [0.717, 1.165) is 5.71 Å². The van der Waals surface area contributed by atoms with Crippen LogP contribution in [0.1, 0.15) is 13.3 Å². The summed E-state index contributed by atoms with van der Waals surface area (Å²) in [4.78, 5) is 15.8. The largest absolute Gasteiger partial charge is 0.387 e. The number of oxime groups is 1. The van der Waals surface area contributed by atoms with Crippen molar-refractivity contribution in [3.05, 3.63) is 12.2 Å². The number of allylic oxidation sites excluding steroid dienone is 1. The third-order valence-corrected chi connectivity index (χ3v) is 3.43. The molecule has 76 valence electrons. The van der Waals surface area contributed by atoms with Gasteiger partial charge in [-0.25, -0.2) is 0 Å². The number of aliphatic hydroxyl groups excluding tert-OH is 1. The molecule has 0 aromatic rings. The molecule has 0 bridgehead atoms. The summed E-state index contributed by atoms with van der Waals surface area (Å²) in [5.74, 6) is -0.142. The molecule has 0 fully saturated rings. The Bertz CT molecular complexity index is 339. The van der Waals surface area contributed by atoms with Crippen molar-refractivity contribution in [1.82, 2.24) is 0 Å². The van der Waals surface area contributed by atoms with Crippen molar-refractivity contribution in [3.8, 4) is 0 Å². The SMILES string of the molecule is CC1=NO[C@]2(C=CC(=O)[C@H](Br)[C@H]2O)C1. The van der Waals surface area contributed by atoms with Crippen LogP contribution in [0.4, 0.5) is 0 Å². The average Bonchev–Trinajstić information content (AvgIpc) is 2.53. The van der Waals surface area contributed by atoms with Gasteiger partial charge < -0.3 is 9.94 Å². The summed E-state index contributed by atoms with van der Waals surface area (Å²) < 4.78 is 0. The van der Waals surface area contributed by atoms with Gasteiger partial charge in [-0.3, -0.25) is 4.79 Å². The molecule has 0 saturated carbocycles. The first-order valence-electron chi connectivity index (χ1n) is 4.32. The predicted molar refractivity (Wildman–Crippen MR) is 54.4 cm³/mol. The first kappa shape index (κ1) is 9.86. The Morgan fingerprint density at radius 3 is 3.07 bits per heavy atom. The maximum atomic E-state index is 11.2. The molecule has 5 heteroatoms. The Morgan fingerprint density at radius 2 is 2.50 bits per heavy atom. The first-order valence-corrected chi connectivity index (χ1v) is 5.23. The van der Waals surface area contributed by atoms with Gasteiger partial charge in [-0.1, -0.05) is 21.1 Å². The average molecular weight is 260 g/mol. The molecule has 0 unspecified atom stereocenters. The van der Waals surface area contributed by atoms with Crippen molar-refractivity contribution < 1.29 is 14.7 Å². The second-order valence-electron chi connectivity index (χ2n) is 3.63. The van der Waals surface area contributed by atoms with Crippen LogP contribution in [0.3, 0.4) is 0 Å². The third-order valence-electron chi connectivity index (χ3n) is 2.48. The monoisotopic (exact) mass is 259 g/mol. The van der Waals surface area contributed by atoms with E-state index in [1.54, 1.807) is 6.08 Å². The number of hydrogen-bond donors (Lipinski definition) is 1. The van der Waals surface area contributed by atoms with Crippen molar-refractivity contribution in [1.29, 1.82) is 0 Å². The molecule has 2 aliphatic rings. The van der Waals surface area contributed by atoms with Gasteiger partial charge in [0.25, 0.3) is 0 Å². The highest BCUT2D eigenvalue weighted by Crippen LogP contribution is 2.35. The number of halogens is 1. The molecular formula is C9H10BrNO3. The van der Waals surface area contributed by atoms with Gasteiger partial charge in [-0.15, -0.1) is 0 Å². The zero-order chi connectivity index (χ0) is 10.3. The van der Waals surface area contributed by atoms with E-state index in [4.69, 9.17) is 4.84 Å². The summed E-state index contributed by atoms with van der Waals surface area (Å²) in [5.41, 5.74) is -0.0191. The maximum absolute atomic E-state index is 11.2. The van der Waals surface area contributed by atoms with Gasteiger partial charge in [0.15, 0.2) is 11.4 Å². The molecular weight excluding hydrogens is 250 g/mol. The minimum Gasteiger partial charge on any atom is -0.387 e. The first-order chi connectivity index (χ1) is 6.55. The minimum absolute atomic E-state index is 0.142. The van der Waals surface area contributed by atoms with Crippen LogP contribution >= 0.6 is 15.9 Å². The third kappa shape index (κ3) is 1.31. The molecule has 0 aromatic carbocycles. The van der Waals surface area contributed by atoms with Gasteiger partial charge in [0.1, 0.15) is 10.9 Å². The number of nitrogens with zero attached hydrogens (tertiary/aromatic N) is 1. The zero-order valence-electron chi connectivity index (χ0n) is 7.61. The van der Waals surface area contributed by atoms with Crippen LogP contribution in [0.25, 0.3) is 0 Å². The lowest BCUT2D eigenvalue weighted by Crippen LogP contribution is -2.50. The second-order valence-corrected chi connectivity index (χ2v) is 4.62. The number of carbonyl (C=O) groups is 1. The van der Waals surface area contributed by atoms with Gasteiger partial charge in [0.2, 0.25) is 0 Å². The van der Waals surface area contributed by atoms with Gasteiger partial charge >= 0.3 is 0 Å². The lowest BCUT2D eigenvalue weighted by atomic mass is 9.84. The van der Waals surface area contributed by atoms with Gasteiger partial charge in [-0.2, -0.15) is 0 Å². The van der Waals surface area contributed by atoms with Crippen LogP contribution in [0.5, 0.6) is 0 Å². The Labute approximate surface area is 89.7 Å². The number of ketones is 1. The number of rotatable bonds is 0. The molecule has 0 aromatic heterocycles. The van der Waals surface area contributed by atoms with E-state index in [1.807, 2.05) is 6.92 Å². The van der Waals surface area contributed by atoms with E-state index in [1.165, 1.54) is 6.08 Å². The summed E-state index contributed by atoms with van der Waals surface area (Å²) >= 11 is 3.14. The second kappa shape index (κ2) is 3.17. The molecule has 1 aliphatic carbocycles. The van der Waals surface area contributed by atoms with Crippen molar-refractivity contribution in [2.45, 2.75) is 29.9 Å². The molecule has 0 saturated heterocycles. The molecule has 4 nitrogen and oxygen atoms in total. The fourth-order valence-electron chi connectivity index (χ4n) is 1.69. The van der Waals surface area contributed by atoms with E-state index in [-0.39, 0.29) is 5.78 Å². The fraction of sp³-hybridized carbons (Fsp3) is 0.556. The standard InChI is InChI=1S/C9H10BrNO3/c1-5-4-9(14-11-5)3-2-6(12)7(10)8(9)13/h2-3,7-8,13H,4H2,1H3/t7-,8+,9+/m0/s1. The van der Waals surface area contributed by atoms with Crippen molar-refractivity contribution in [3.63, 3.8) is 0 Å². The van der Waals surface area contributed by atoms with Crippen molar-refractivity contribution in [2.75, 3.05) is 0 Å². The van der Waals surface area contributed by atoms with E-state index in [2.05, 4.69) is 21.1 Å². The van der Waals surface area contributed by atoms with E-state index in [0.29, 0.717) is 6.42 Å². The molecule has 3 atom stereocenters. The summed E-state index contributed by atoms with van der Waals surface area (Å²) in [6.45, 7) is 1.83. The smallest absolute Gasteiger partial charge is 0.188 e. The Morgan fingerprint density at radius 1 is 1.79 bits per heavy atom. The van der Waals surface area contributed by atoms with E-state index >= 15 is 0 Å². The Balaban J connectivity index is 2.30. The number of hydrogen-bond acceptors (Lipinski definition) is 4. The van der Waals surface area contributed by atoms with Crippen molar-refractivity contribution in [2.24, 2.45) is 5.16 Å².